The van der Waals surface area contributed by atoms with Crippen molar-refractivity contribution in [2.24, 2.45) is 0 Å². The van der Waals surface area contributed by atoms with Crippen LogP contribution in [0.1, 0.15) is 47.8 Å². The van der Waals surface area contributed by atoms with Gasteiger partial charge in [-0.1, -0.05) is 45.0 Å². The molecule has 20 heavy (non-hydrogen) atoms. The van der Waals surface area contributed by atoms with Crippen molar-refractivity contribution in [1.29, 1.82) is 0 Å². The standard InChI is InChI=1S/C18H20O2/c1-12-8-9-14(18(2,3)4)11-16(12)17(20)13-6-5-7-15(19)10-13/h5-11,19H,1-4H3. The van der Waals surface area contributed by atoms with Crippen LogP contribution in [-0.2, 0) is 5.41 Å². The van der Waals surface area contributed by atoms with E-state index in [1.165, 1.54) is 6.07 Å². The summed E-state index contributed by atoms with van der Waals surface area (Å²) in [5, 5.41) is 9.51. The Bertz CT molecular complexity index is 649. The fourth-order valence-corrected chi connectivity index (χ4v) is 2.14. The van der Waals surface area contributed by atoms with Gasteiger partial charge in [0.25, 0.3) is 0 Å². The molecule has 2 rings (SSSR count). The van der Waals surface area contributed by atoms with Gasteiger partial charge in [-0.2, -0.15) is 0 Å². The molecule has 2 heteroatoms. The van der Waals surface area contributed by atoms with Crippen LogP contribution in [-0.4, -0.2) is 10.9 Å². The van der Waals surface area contributed by atoms with Crippen LogP contribution >= 0.6 is 0 Å². The van der Waals surface area contributed by atoms with Crippen molar-refractivity contribution < 1.29 is 9.90 Å². The Balaban J connectivity index is 2.49. The van der Waals surface area contributed by atoms with Crippen molar-refractivity contribution in [3.05, 3.63) is 64.7 Å². The van der Waals surface area contributed by atoms with Crippen LogP contribution < -0.4 is 0 Å². The molecule has 104 valence electrons. The fourth-order valence-electron chi connectivity index (χ4n) is 2.14. The average Bonchev–Trinajstić information content (AvgIpc) is 2.37. The minimum Gasteiger partial charge on any atom is -0.508 e. The number of phenols is 1. The molecule has 0 radical (unpaired) electrons. The molecule has 0 aliphatic rings. The summed E-state index contributed by atoms with van der Waals surface area (Å²) in [4.78, 5) is 12.6. The molecule has 0 spiro atoms. The number of aromatic hydroxyl groups is 1. The lowest BCUT2D eigenvalue weighted by atomic mass is 9.84. The van der Waals surface area contributed by atoms with Crippen LogP contribution in [0.3, 0.4) is 0 Å². The highest BCUT2D eigenvalue weighted by molar-refractivity contribution is 6.10. The van der Waals surface area contributed by atoms with E-state index in [0.29, 0.717) is 11.1 Å². The third-order valence-electron chi connectivity index (χ3n) is 3.46. The summed E-state index contributed by atoms with van der Waals surface area (Å²) in [5.74, 6) is 0.0602. The zero-order valence-corrected chi connectivity index (χ0v) is 12.4. The predicted octanol–water partition coefficient (Wildman–Crippen LogP) is 4.23. The van der Waals surface area contributed by atoms with E-state index in [4.69, 9.17) is 0 Å². The predicted molar refractivity (Wildman–Crippen MR) is 81.4 cm³/mol. The summed E-state index contributed by atoms with van der Waals surface area (Å²) in [6.45, 7) is 8.31. The van der Waals surface area contributed by atoms with Crippen molar-refractivity contribution >= 4 is 5.78 Å². The van der Waals surface area contributed by atoms with Crippen LogP contribution in [0.5, 0.6) is 5.75 Å². The number of phenolic OH excluding ortho intramolecular Hbond substituents is 1. The number of rotatable bonds is 2. The minimum absolute atomic E-state index is 0.00154. The molecule has 0 bridgehead atoms. The van der Waals surface area contributed by atoms with Gasteiger partial charge in [0.15, 0.2) is 5.78 Å². The quantitative estimate of drug-likeness (QED) is 0.828. The Hall–Kier alpha value is -2.09. The molecular weight excluding hydrogens is 248 g/mol. The van der Waals surface area contributed by atoms with Gasteiger partial charge in [-0.25, -0.2) is 0 Å². The third kappa shape index (κ3) is 2.90. The van der Waals surface area contributed by atoms with E-state index in [2.05, 4.69) is 26.8 Å². The highest BCUT2D eigenvalue weighted by Crippen LogP contribution is 2.26. The second-order valence-electron chi connectivity index (χ2n) is 6.16. The second-order valence-corrected chi connectivity index (χ2v) is 6.16. The van der Waals surface area contributed by atoms with E-state index < -0.39 is 0 Å². The monoisotopic (exact) mass is 268 g/mol. The average molecular weight is 268 g/mol. The lowest BCUT2D eigenvalue weighted by molar-refractivity contribution is 0.103. The Morgan fingerprint density at radius 2 is 1.75 bits per heavy atom. The summed E-state index contributed by atoms with van der Waals surface area (Å²) in [6, 6.07) is 12.5. The maximum absolute atomic E-state index is 12.6. The first kappa shape index (κ1) is 14.3. The lowest BCUT2D eigenvalue weighted by Crippen LogP contribution is -2.13. The van der Waals surface area contributed by atoms with E-state index in [0.717, 1.165) is 11.1 Å². The molecule has 2 aromatic carbocycles. The lowest BCUT2D eigenvalue weighted by Gasteiger charge is -2.20. The van der Waals surface area contributed by atoms with Gasteiger partial charge in [-0.3, -0.25) is 4.79 Å². The highest BCUT2D eigenvalue weighted by atomic mass is 16.3. The van der Waals surface area contributed by atoms with Gasteiger partial charge in [0.05, 0.1) is 0 Å². The van der Waals surface area contributed by atoms with Crippen molar-refractivity contribution in [1.82, 2.24) is 0 Å². The van der Waals surface area contributed by atoms with Gasteiger partial charge < -0.3 is 5.11 Å². The highest BCUT2D eigenvalue weighted by Gasteiger charge is 2.18. The zero-order valence-electron chi connectivity index (χ0n) is 12.4. The molecule has 0 aliphatic heterocycles. The summed E-state index contributed by atoms with van der Waals surface area (Å²) in [6.07, 6.45) is 0. The normalized spacial score (nSPS) is 11.4. The van der Waals surface area contributed by atoms with Crippen molar-refractivity contribution in [2.45, 2.75) is 33.1 Å². The number of carbonyl (C=O) groups excluding carboxylic acids is 1. The molecule has 0 fully saturated rings. The molecule has 0 heterocycles. The summed E-state index contributed by atoms with van der Waals surface area (Å²) < 4.78 is 0. The minimum atomic E-state index is -0.0514. The number of aryl methyl sites for hydroxylation is 1. The molecule has 0 aromatic heterocycles. The van der Waals surface area contributed by atoms with E-state index in [1.807, 2.05) is 19.1 Å². The Morgan fingerprint density at radius 1 is 1.05 bits per heavy atom. The third-order valence-corrected chi connectivity index (χ3v) is 3.46. The summed E-state index contributed by atoms with van der Waals surface area (Å²) in [5.41, 5.74) is 3.29. The molecule has 0 saturated heterocycles. The van der Waals surface area contributed by atoms with Crippen LogP contribution in [0.2, 0.25) is 0 Å². The van der Waals surface area contributed by atoms with Crippen molar-refractivity contribution in [3.63, 3.8) is 0 Å². The fraction of sp³-hybridized carbons (Fsp3) is 0.278. The van der Waals surface area contributed by atoms with E-state index in [9.17, 15) is 9.90 Å². The van der Waals surface area contributed by atoms with Crippen LogP contribution in [0.15, 0.2) is 42.5 Å². The molecule has 0 atom stereocenters. The molecule has 2 nitrogen and oxygen atoms in total. The molecule has 0 unspecified atom stereocenters. The Morgan fingerprint density at radius 3 is 2.35 bits per heavy atom. The topological polar surface area (TPSA) is 37.3 Å². The van der Waals surface area contributed by atoms with Crippen LogP contribution in [0.25, 0.3) is 0 Å². The molecule has 0 saturated carbocycles. The number of hydrogen-bond donors (Lipinski definition) is 1. The summed E-state index contributed by atoms with van der Waals surface area (Å²) in [7, 11) is 0. The maximum atomic E-state index is 12.6. The van der Waals surface area contributed by atoms with Gasteiger partial charge >= 0.3 is 0 Å². The molecule has 1 N–H and O–H groups in total. The zero-order chi connectivity index (χ0) is 14.9. The van der Waals surface area contributed by atoms with Gasteiger partial charge in [0.1, 0.15) is 5.75 Å². The SMILES string of the molecule is Cc1ccc(C(C)(C)C)cc1C(=O)c1cccc(O)c1. The Kier molecular flexibility index (Phi) is 3.67. The maximum Gasteiger partial charge on any atom is 0.193 e. The second kappa shape index (κ2) is 5.12. The molecule has 0 aliphatic carbocycles. The van der Waals surface area contributed by atoms with Crippen LogP contribution in [0, 0.1) is 6.92 Å². The van der Waals surface area contributed by atoms with Gasteiger partial charge in [-0.05, 0) is 41.7 Å². The first-order chi connectivity index (χ1) is 9.29. The molecule has 2 aromatic rings. The van der Waals surface area contributed by atoms with E-state index >= 15 is 0 Å². The number of carbonyl (C=O) groups is 1. The van der Waals surface area contributed by atoms with Crippen molar-refractivity contribution in [2.75, 3.05) is 0 Å². The smallest absolute Gasteiger partial charge is 0.193 e. The van der Waals surface area contributed by atoms with Crippen LogP contribution in [0.4, 0.5) is 0 Å². The van der Waals surface area contributed by atoms with Gasteiger partial charge in [-0.15, -0.1) is 0 Å². The largest absolute Gasteiger partial charge is 0.508 e. The molecular formula is C18H20O2. The first-order valence-electron chi connectivity index (χ1n) is 6.74. The number of benzene rings is 2. The number of hydrogen-bond acceptors (Lipinski definition) is 2. The van der Waals surface area contributed by atoms with E-state index in [-0.39, 0.29) is 16.9 Å². The van der Waals surface area contributed by atoms with E-state index in [1.54, 1.807) is 18.2 Å². The van der Waals surface area contributed by atoms with Crippen molar-refractivity contribution in [3.8, 4) is 5.75 Å². The summed E-state index contributed by atoms with van der Waals surface area (Å²) >= 11 is 0. The Labute approximate surface area is 120 Å². The number of ketones is 1. The first-order valence-corrected chi connectivity index (χ1v) is 6.74. The molecule has 0 amide bonds. The van der Waals surface area contributed by atoms with Gasteiger partial charge in [0, 0.05) is 11.1 Å². The van der Waals surface area contributed by atoms with Gasteiger partial charge in [0.2, 0.25) is 0 Å².